The van der Waals surface area contributed by atoms with Gasteiger partial charge in [-0.25, -0.2) is 15.0 Å². The molecule has 4 aromatic rings. The Morgan fingerprint density at radius 3 is 2.41 bits per heavy atom. The molecule has 2 aromatic carbocycles. The summed E-state index contributed by atoms with van der Waals surface area (Å²) >= 11 is 0. The molecule has 0 fully saturated rings. The van der Waals surface area contributed by atoms with Gasteiger partial charge in [0.15, 0.2) is 11.5 Å². The van der Waals surface area contributed by atoms with Crippen molar-refractivity contribution in [3.63, 3.8) is 0 Å². The maximum absolute atomic E-state index is 13.0. The van der Waals surface area contributed by atoms with Crippen molar-refractivity contribution in [1.29, 1.82) is 0 Å². The molecule has 1 amide bonds. The molecule has 2 heterocycles. The first-order chi connectivity index (χ1) is 14.2. The van der Waals surface area contributed by atoms with Gasteiger partial charge in [0.1, 0.15) is 0 Å². The van der Waals surface area contributed by atoms with Crippen molar-refractivity contribution in [1.82, 2.24) is 15.0 Å². The standard InChI is InChI=1S/C22H18N4O3/c1-28-19-9-8-14(12-20(19)29-2)18-13-16(15-6-3-4-7-17(15)25-18)21(27)26-22-23-10-5-11-24-22/h3-13H,1-2H3,(H,23,24,26,27). The van der Waals surface area contributed by atoms with Crippen molar-refractivity contribution in [2.24, 2.45) is 0 Å². The number of nitrogens with zero attached hydrogens (tertiary/aromatic N) is 3. The summed E-state index contributed by atoms with van der Waals surface area (Å²) in [5, 5.41) is 3.48. The Morgan fingerprint density at radius 1 is 0.897 bits per heavy atom. The maximum atomic E-state index is 13.0. The van der Waals surface area contributed by atoms with Crippen LogP contribution in [0.15, 0.2) is 67.0 Å². The first kappa shape index (κ1) is 18.4. The van der Waals surface area contributed by atoms with Gasteiger partial charge in [0, 0.05) is 23.3 Å². The fourth-order valence-corrected chi connectivity index (χ4v) is 3.04. The quantitative estimate of drug-likeness (QED) is 0.559. The van der Waals surface area contributed by atoms with E-state index in [0.717, 1.165) is 10.9 Å². The van der Waals surface area contributed by atoms with Gasteiger partial charge in [0.05, 0.1) is 31.0 Å². The largest absolute Gasteiger partial charge is 0.493 e. The third kappa shape index (κ3) is 3.70. The number of amides is 1. The minimum atomic E-state index is -0.309. The molecule has 0 saturated heterocycles. The Bertz CT molecular complexity index is 1180. The smallest absolute Gasteiger partial charge is 0.258 e. The molecule has 144 valence electrons. The van der Waals surface area contributed by atoms with Crippen molar-refractivity contribution in [2.45, 2.75) is 0 Å². The molecular formula is C22H18N4O3. The van der Waals surface area contributed by atoms with Gasteiger partial charge < -0.3 is 9.47 Å². The molecule has 1 N–H and O–H groups in total. The molecule has 7 heteroatoms. The number of hydrogen-bond donors (Lipinski definition) is 1. The van der Waals surface area contributed by atoms with Crippen LogP contribution in [0.3, 0.4) is 0 Å². The van der Waals surface area contributed by atoms with Gasteiger partial charge in [-0.2, -0.15) is 0 Å². The van der Waals surface area contributed by atoms with Gasteiger partial charge >= 0.3 is 0 Å². The van der Waals surface area contributed by atoms with Gasteiger partial charge in [-0.15, -0.1) is 0 Å². The fraction of sp³-hybridized carbons (Fsp3) is 0.0909. The minimum Gasteiger partial charge on any atom is -0.493 e. The summed E-state index contributed by atoms with van der Waals surface area (Å²) in [7, 11) is 3.16. The fourth-order valence-electron chi connectivity index (χ4n) is 3.04. The van der Waals surface area contributed by atoms with E-state index in [2.05, 4.69) is 15.3 Å². The number of nitrogens with one attached hydrogen (secondary N) is 1. The zero-order chi connectivity index (χ0) is 20.2. The number of rotatable bonds is 5. The van der Waals surface area contributed by atoms with Crippen molar-refractivity contribution in [2.75, 3.05) is 19.5 Å². The summed E-state index contributed by atoms with van der Waals surface area (Å²) in [4.78, 5) is 25.8. The third-order valence-corrected chi connectivity index (χ3v) is 4.43. The number of ether oxygens (including phenoxy) is 2. The van der Waals surface area contributed by atoms with E-state index >= 15 is 0 Å². The van der Waals surface area contributed by atoms with Gasteiger partial charge in [0.25, 0.3) is 5.91 Å². The SMILES string of the molecule is COc1ccc(-c2cc(C(=O)Nc3ncccn3)c3ccccc3n2)cc1OC. The van der Waals surface area contributed by atoms with E-state index in [1.165, 1.54) is 0 Å². The molecule has 0 aliphatic rings. The van der Waals surface area contributed by atoms with E-state index in [4.69, 9.17) is 14.5 Å². The Hall–Kier alpha value is -4.00. The second kappa shape index (κ2) is 7.93. The first-order valence-corrected chi connectivity index (χ1v) is 8.90. The van der Waals surface area contributed by atoms with Crippen LogP contribution < -0.4 is 14.8 Å². The van der Waals surface area contributed by atoms with Crippen LogP contribution >= 0.6 is 0 Å². The molecule has 0 aliphatic heterocycles. The van der Waals surface area contributed by atoms with E-state index in [1.54, 1.807) is 38.7 Å². The van der Waals surface area contributed by atoms with Crippen molar-refractivity contribution in [3.8, 4) is 22.8 Å². The Morgan fingerprint density at radius 2 is 1.66 bits per heavy atom. The van der Waals surface area contributed by atoms with Gasteiger partial charge in [-0.05, 0) is 36.4 Å². The number of fused-ring (bicyclic) bond motifs is 1. The van der Waals surface area contributed by atoms with Crippen LogP contribution in [0, 0.1) is 0 Å². The summed E-state index contributed by atoms with van der Waals surface area (Å²) in [5.74, 6) is 1.14. The second-order valence-corrected chi connectivity index (χ2v) is 6.17. The highest BCUT2D eigenvalue weighted by molar-refractivity contribution is 6.12. The average molecular weight is 386 g/mol. The van der Waals surface area contributed by atoms with Gasteiger partial charge in [-0.3, -0.25) is 10.1 Å². The third-order valence-electron chi connectivity index (χ3n) is 4.43. The number of carbonyl (C=O) groups is 1. The Kier molecular flexibility index (Phi) is 5.03. The van der Waals surface area contributed by atoms with Crippen LogP contribution in [0.1, 0.15) is 10.4 Å². The second-order valence-electron chi connectivity index (χ2n) is 6.17. The highest BCUT2D eigenvalue weighted by Gasteiger charge is 2.16. The molecule has 2 aromatic heterocycles. The Balaban J connectivity index is 1.82. The van der Waals surface area contributed by atoms with Crippen LogP contribution in [0.4, 0.5) is 5.95 Å². The van der Waals surface area contributed by atoms with Crippen molar-refractivity contribution in [3.05, 3.63) is 72.6 Å². The molecule has 29 heavy (non-hydrogen) atoms. The van der Waals surface area contributed by atoms with Gasteiger partial charge in [-0.1, -0.05) is 18.2 Å². The number of pyridine rings is 1. The van der Waals surface area contributed by atoms with Crippen LogP contribution in [0.5, 0.6) is 11.5 Å². The first-order valence-electron chi connectivity index (χ1n) is 8.90. The number of benzene rings is 2. The van der Waals surface area contributed by atoms with E-state index in [0.29, 0.717) is 28.3 Å². The number of carbonyl (C=O) groups excluding carboxylic acids is 1. The lowest BCUT2D eigenvalue weighted by atomic mass is 10.0. The lowest BCUT2D eigenvalue weighted by Crippen LogP contribution is -2.15. The summed E-state index contributed by atoms with van der Waals surface area (Å²) in [6.45, 7) is 0. The van der Waals surface area contributed by atoms with Gasteiger partial charge in [0.2, 0.25) is 5.95 Å². The number of aromatic nitrogens is 3. The molecule has 0 radical (unpaired) electrons. The molecule has 0 saturated carbocycles. The zero-order valence-electron chi connectivity index (χ0n) is 15.9. The van der Waals surface area contributed by atoms with Crippen molar-refractivity contribution < 1.29 is 14.3 Å². The molecular weight excluding hydrogens is 368 g/mol. The Labute approximate surface area is 167 Å². The van der Waals surface area contributed by atoms with Crippen LogP contribution in [-0.4, -0.2) is 35.1 Å². The average Bonchev–Trinajstić information content (AvgIpc) is 2.78. The topological polar surface area (TPSA) is 86.2 Å². The summed E-state index contributed by atoms with van der Waals surface area (Å²) in [5.41, 5.74) is 2.63. The molecule has 0 bridgehead atoms. The van der Waals surface area contributed by atoms with E-state index < -0.39 is 0 Å². The molecule has 0 atom stereocenters. The van der Waals surface area contributed by atoms with Crippen LogP contribution in [0.2, 0.25) is 0 Å². The monoisotopic (exact) mass is 386 g/mol. The number of anilines is 1. The number of hydrogen-bond acceptors (Lipinski definition) is 6. The maximum Gasteiger partial charge on any atom is 0.258 e. The van der Waals surface area contributed by atoms with Crippen LogP contribution in [-0.2, 0) is 0 Å². The molecule has 0 unspecified atom stereocenters. The highest BCUT2D eigenvalue weighted by Crippen LogP contribution is 2.33. The minimum absolute atomic E-state index is 0.242. The summed E-state index contributed by atoms with van der Waals surface area (Å²) in [6, 6.07) is 16.4. The predicted octanol–water partition coefficient (Wildman–Crippen LogP) is 3.96. The number of methoxy groups -OCH3 is 2. The molecule has 0 aliphatic carbocycles. The zero-order valence-corrected chi connectivity index (χ0v) is 15.9. The van der Waals surface area contributed by atoms with E-state index in [-0.39, 0.29) is 11.9 Å². The highest BCUT2D eigenvalue weighted by atomic mass is 16.5. The van der Waals surface area contributed by atoms with E-state index in [9.17, 15) is 4.79 Å². The molecule has 7 nitrogen and oxygen atoms in total. The normalized spacial score (nSPS) is 10.6. The predicted molar refractivity (Wildman–Crippen MR) is 110 cm³/mol. The van der Waals surface area contributed by atoms with Crippen LogP contribution in [0.25, 0.3) is 22.2 Å². The molecule has 0 spiro atoms. The summed E-state index contributed by atoms with van der Waals surface area (Å²) in [6.07, 6.45) is 3.14. The molecule has 4 rings (SSSR count). The number of para-hydroxylation sites is 1. The van der Waals surface area contributed by atoms with E-state index in [1.807, 2.05) is 42.5 Å². The lowest BCUT2D eigenvalue weighted by Gasteiger charge is -2.12. The van der Waals surface area contributed by atoms with Crippen molar-refractivity contribution >= 4 is 22.8 Å². The summed E-state index contributed by atoms with van der Waals surface area (Å²) < 4.78 is 10.7. The lowest BCUT2D eigenvalue weighted by molar-refractivity contribution is 0.102.